The molecule has 0 unspecified atom stereocenters. The number of nitrogens with zero attached hydrogens (tertiary/aromatic N) is 3. The Morgan fingerprint density at radius 2 is 2.03 bits per heavy atom. The number of hydrogen-bond donors (Lipinski definition) is 1. The molecule has 2 aromatic carbocycles. The number of carbonyl (C=O) groups is 1. The topological polar surface area (TPSA) is 97.6 Å². The Morgan fingerprint density at radius 3 is 2.66 bits per heavy atom. The van der Waals surface area contributed by atoms with Gasteiger partial charge in [0.15, 0.2) is 5.13 Å². The molecule has 0 aliphatic carbocycles. The summed E-state index contributed by atoms with van der Waals surface area (Å²) in [6, 6.07) is 13.5. The van der Waals surface area contributed by atoms with Crippen LogP contribution in [0.2, 0.25) is 0 Å². The van der Waals surface area contributed by atoms with Crippen LogP contribution in [0.15, 0.2) is 53.9 Å². The molecule has 9 heteroatoms. The fourth-order valence-electron chi connectivity index (χ4n) is 2.72. The highest BCUT2D eigenvalue weighted by molar-refractivity contribution is 7.14. The molecule has 0 saturated heterocycles. The minimum absolute atomic E-state index is 0.171. The SMILES string of the molecule is COCCNc1ccc(C(=O)N(c2ccccc2)c2nc(C)cs2)cc1[N+](=O)[O-]. The number of nitro benzene ring substituents is 1. The highest BCUT2D eigenvalue weighted by Crippen LogP contribution is 2.32. The van der Waals surface area contributed by atoms with Gasteiger partial charge >= 0.3 is 0 Å². The van der Waals surface area contributed by atoms with E-state index in [9.17, 15) is 14.9 Å². The molecular formula is C20H20N4O4S. The largest absolute Gasteiger partial charge is 0.383 e. The van der Waals surface area contributed by atoms with Crippen LogP contribution in [0.1, 0.15) is 16.1 Å². The first-order valence-electron chi connectivity index (χ1n) is 8.84. The van der Waals surface area contributed by atoms with Crippen molar-refractivity contribution in [3.05, 3.63) is 75.3 Å². The average Bonchev–Trinajstić information content (AvgIpc) is 3.15. The second-order valence-electron chi connectivity index (χ2n) is 6.16. The van der Waals surface area contributed by atoms with Crippen LogP contribution in [0.25, 0.3) is 0 Å². The Balaban J connectivity index is 1.99. The maximum Gasteiger partial charge on any atom is 0.293 e. The summed E-state index contributed by atoms with van der Waals surface area (Å²) in [6.45, 7) is 2.67. The molecule has 1 N–H and O–H groups in total. The van der Waals surface area contributed by atoms with E-state index in [1.54, 1.807) is 25.3 Å². The summed E-state index contributed by atoms with van der Waals surface area (Å²) in [5, 5.41) is 16.9. The van der Waals surface area contributed by atoms with Gasteiger partial charge in [0.25, 0.3) is 11.6 Å². The number of nitro groups is 1. The van der Waals surface area contributed by atoms with Crippen LogP contribution in [0.5, 0.6) is 0 Å². The highest BCUT2D eigenvalue weighted by atomic mass is 32.1. The van der Waals surface area contributed by atoms with Gasteiger partial charge in [-0.15, -0.1) is 11.3 Å². The standard InChI is InChI=1S/C20H20N4O4S/c1-14-13-29-20(22-14)23(16-6-4-3-5-7-16)19(25)15-8-9-17(21-10-11-28-2)18(12-15)24(26)27/h3-9,12-13,21H,10-11H2,1-2H3. The summed E-state index contributed by atoms with van der Waals surface area (Å²) in [6.07, 6.45) is 0. The van der Waals surface area contributed by atoms with Gasteiger partial charge in [-0.25, -0.2) is 4.98 Å². The summed E-state index contributed by atoms with van der Waals surface area (Å²) in [7, 11) is 1.55. The van der Waals surface area contributed by atoms with Crippen LogP contribution in [0, 0.1) is 17.0 Å². The zero-order valence-corrected chi connectivity index (χ0v) is 16.8. The van der Waals surface area contributed by atoms with Crippen molar-refractivity contribution in [3.8, 4) is 0 Å². The molecule has 0 spiro atoms. The monoisotopic (exact) mass is 412 g/mol. The second-order valence-corrected chi connectivity index (χ2v) is 6.99. The van der Waals surface area contributed by atoms with Crippen molar-refractivity contribution in [1.29, 1.82) is 0 Å². The number of methoxy groups -OCH3 is 1. The van der Waals surface area contributed by atoms with Crippen LogP contribution in [-0.4, -0.2) is 36.1 Å². The van der Waals surface area contributed by atoms with E-state index in [-0.39, 0.29) is 11.3 Å². The minimum Gasteiger partial charge on any atom is -0.383 e. The first kappa shape index (κ1) is 20.4. The minimum atomic E-state index is -0.508. The van der Waals surface area contributed by atoms with Crippen molar-refractivity contribution in [3.63, 3.8) is 0 Å². The number of aromatic nitrogens is 1. The van der Waals surface area contributed by atoms with Crippen LogP contribution in [0.3, 0.4) is 0 Å². The van der Waals surface area contributed by atoms with Crippen molar-refractivity contribution in [2.24, 2.45) is 0 Å². The number of thiazole rings is 1. The van der Waals surface area contributed by atoms with Gasteiger partial charge in [0, 0.05) is 30.7 Å². The fourth-order valence-corrected chi connectivity index (χ4v) is 3.54. The Hall–Kier alpha value is -3.30. The molecule has 1 aromatic heterocycles. The maximum atomic E-state index is 13.3. The van der Waals surface area contributed by atoms with E-state index in [0.717, 1.165) is 5.69 Å². The molecule has 0 fully saturated rings. The van der Waals surface area contributed by atoms with Gasteiger partial charge < -0.3 is 10.1 Å². The molecule has 29 heavy (non-hydrogen) atoms. The molecule has 1 amide bonds. The normalized spacial score (nSPS) is 10.6. The van der Waals surface area contributed by atoms with E-state index in [2.05, 4.69) is 10.3 Å². The van der Waals surface area contributed by atoms with Gasteiger partial charge in [-0.2, -0.15) is 0 Å². The van der Waals surface area contributed by atoms with E-state index in [4.69, 9.17) is 4.74 Å². The highest BCUT2D eigenvalue weighted by Gasteiger charge is 2.25. The maximum absolute atomic E-state index is 13.3. The number of ether oxygens (including phenoxy) is 1. The van der Waals surface area contributed by atoms with Gasteiger partial charge in [-0.3, -0.25) is 19.8 Å². The molecule has 150 valence electrons. The lowest BCUT2D eigenvalue weighted by atomic mass is 10.1. The molecule has 3 aromatic rings. The number of anilines is 3. The smallest absolute Gasteiger partial charge is 0.293 e. The third-order valence-corrected chi connectivity index (χ3v) is 5.02. The lowest BCUT2D eigenvalue weighted by Gasteiger charge is -2.20. The van der Waals surface area contributed by atoms with Gasteiger partial charge in [-0.05, 0) is 31.2 Å². The number of carbonyl (C=O) groups excluding carboxylic acids is 1. The van der Waals surface area contributed by atoms with Crippen LogP contribution < -0.4 is 10.2 Å². The summed E-state index contributed by atoms with van der Waals surface area (Å²) in [5.41, 5.74) is 1.79. The number of hydrogen-bond acceptors (Lipinski definition) is 7. The number of para-hydroxylation sites is 1. The Morgan fingerprint density at radius 1 is 1.28 bits per heavy atom. The van der Waals surface area contributed by atoms with Gasteiger partial charge in [0.2, 0.25) is 0 Å². The Labute approximate surface area is 171 Å². The summed E-state index contributed by atoms with van der Waals surface area (Å²) < 4.78 is 4.96. The second kappa shape index (κ2) is 9.26. The molecular weight excluding hydrogens is 392 g/mol. The van der Waals surface area contributed by atoms with E-state index in [1.165, 1.54) is 28.4 Å². The van der Waals surface area contributed by atoms with Crippen LogP contribution in [0.4, 0.5) is 22.2 Å². The fraction of sp³-hybridized carbons (Fsp3) is 0.200. The molecule has 1 heterocycles. The van der Waals surface area contributed by atoms with E-state index < -0.39 is 10.8 Å². The zero-order chi connectivity index (χ0) is 20.8. The summed E-state index contributed by atoms with van der Waals surface area (Å²) >= 11 is 1.34. The number of nitrogens with one attached hydrogen (secondary N) is 1. The number of rotatable bonds is 8. The lowest BCUT2D eigenvalue weighted by molar-refractivity contribution is -0.384. The molecule has 8 nitrogen and oxygen atoms in total. The average molecular weight is 412 g/mol. The first-order chi connectivity index (χ1) is 14.0. The van der Waals surface area contributed by atoms with Crippen molar-refractivity contribution >= 4 is 39.4 Å². The van der Waals surface area contributed by atoms with E-state index in [0.29, 0.717) is 29.7 Å². The third kappa shape index (κ3) is 4.76. The quantitative estimate of drug-likeness (QED) is 0.335. The predicted octanol–water partition coefficient (Wildman–Crippen LogP) is 4.40. The summed E-state index contributed by atoms with van der Waals surface area (Å²) in [4.78, 5) is 30.3. The van der Waals surface area contributed by atoms with Gasteiger partial charge in [-0.1, -0.05) is 18.2 Å². The molecule has 0 saturated carbocycles. The molecule has 0 aliphatic rings. The third-order valence-electron chi connectivity index (χ3n) is 4.08. The molecule has 0 radical (unpaired) electrons. The van der Waals surface area contributed by atoms with Crippen molar-refractivity contribution in [2.45, 2.75) is 6.92 Å². The van der Waals surface area contributed by atoms with Crippen molar-refractivity contribution in [1.82, 2.24) is 4.98 Å². The molecule has 0 aliphatic heterocycles. The van der Waals surface area contributed by atoms with Crippen molar-refractivity contribution < 1.29 is 14.5 Å². The zero-order valence-electron chi connectivity index (χ0n) is 16.0. The molecule has 0 atom stereocenters. The van der Waals surface area contributed by atoms with Gasteiger partial charge in [0.1, 0.15) is 5.69 Å². The Bertz CT molecular complexity index is 1010. The van der Waals surface area contributed by atoms with Crippen molar-refractivity contribution in [2.75, 3.05) is 30.5 Å². The van der Waals surface area contributed by atoms with E-state index in [1.807, 2.05) is 30.5 Å². The lowest BCUT2D eigenvalue weighted by Crippen LogP contribution is -2.26. The predicted molar refractivity (Wildman–Crippen MR) is 113 cm³/mol. The molecule has 3 rings (SSSR count). The number of amides is 1. The number of benzene rings is 2. The van der Waals surface area contributed by atoms with Crippen LogP contribution >= 0.6 is 11.3 Å². The van der Waals surface area contributed by atoms with Gasteiger partial charge in [0.05, 0.1) is 22.9 Å². The summed E-state index contributed by atoms with van der Waals surface area (Å²) in [5.74, 6) is -0.392. The van der Waals surface area contributed by atoms with E-state index >= 15 is 0 Å². The number of aryl methyl sites for hydroxylation is 1. The van der Waals surface area contributed by atoms with Crippen LogP contribution in [-0.2, 0) is 4.74 Å². The molecule has 0 bridgehead atoms. The Kier molecular flexibility index (Phi) is 6.53. The first-order valence-corrected chi connectivity index (χ1v) is 9.72.